The fourth-order valence-corrected chi connectivity index (χ4v) is 3.05. The van der Waals surface area contributed by atoms with Crippen LogP contribution in [-0.4, -0.2) is 23.9 Å². The first kappa shape index (κ1) is 14.1. The Hall–Kier alpha value is -1.35. The standard InChI is InChI=1S/C16H24N2O/c1-12-6-4-7-13(10-12)11-18(3)15(19)16(2)9-5-8-14(16)17/h4,6-7,10,14H,5,8-9,11,17H2,1-3H3. The molecule has 2 unspecified atom stereocenters. The Morgan fingerprint density at radius 1 is 1.53 bits per heavy atom. The molecule has 1 aromatic rings. The predicted molar refractivity (Wildman–Crippen MR) is 77.6 cm³/mol. The molecule has 0 heterocycles. The van der Waals surface area contributed by atoms with Gasteiger partial charge in [-0.15, -0.1) is 0 Å². The fourth-order valence-electron chi connectivity index (χ4n) is 3.05. The summed E-state index contributed by atoms with van der Waals surface area (Å²) in [5.74, 6) is 0.180. The van der Waals surface area contributed by atoms with E-state index in [4.69, 9.17) is 5.73 Å². The monoisotopic (exact) mass is 260 g/mol. The van der Waals surface area contributed by atoms with Gasteiger partial charge in [0.2, 0.25) is 5.91 Å². The Bertz CT molecular complexity index is 472. The number of aryl methyl sites for hydroxylation is 1. The van der Waals surface area contributed by atoms with Crippen molar-refractivity contribution >= 4 is 5.91 Å². The van der Waals surface area contributed by atoms with E-state index in [1.807, 2.05) is 24.9 Å². The van der Waals surface area contributed by atoms with E-state index in [2.05, 4.69) is 25.1 Å². The van der Waals surface area contributed by atoms with E-state index in [9.17, 15) is 4.79 Å². The van der Waals surface area contributed by atoms with Crippen LogP contribution in [0.15, 0.2) is 24.3 Å². The zero-order chi connectivity index (χ0) is 14.0. The first-order valence-corrected chi connectivity index (χ1v) is 7.00. The molecule has 0 saturated heterocycles. The van der Waals surface area contributed by atoms with E-state index in [1.165, 1.54) is 11.1 Å². The van der Waals surface area contributed by atoms with Gasteiger partial charge in [-0.3, -0.25) is 4.79 Å². The number of nitrogens with zero attached hydrogens (tertiary/aromatic N) is 1. The molecule has 0 aliphatic heterocycles. The zero-order valence-corrected chi connectivity index (χ0v) is 12.1. The van der Waals surface area contributed by atoms with E-state index >= 15 is 0 Å². The maximum absolute atomic E-state index is 12.6. The molecular formula is C16H24N2O. The van der Waals surface area contributed by atoms with Gasteiger partial charge >= 0.3 is 0 Å². The molecule has 1 amide bonds. The molecule has 104 valence electrons. The number of rotatable bonds is 3. The van der Waals surface area contributed by atoms with E-state index in [1.54, 1.807) is 0 Å². The van der Waals surface area contributed by atoms with Crippen molar-refractivity contribution < 1.29 is 4.79 Å². The molecule has 1 aliphatic carbocycles. The predicted octanol–water partition coefficient (Wildman–Crippen LogP) is 2.47. The Morgan fingerprint density at radius 2 is 2.26 bits per heavy atom. The highest BCUT2D eigenvalue weighted by Crippen LogP contribution is 2.38. The van der Waals surface area contributed by atoms with Crippen LogP contribution in [0.4, 0.5) is 0 Å². The summed E-state index contributed by atoms with van der Waals surface area (Å²) in [4.78, 5) is 14.4. The van der Waals surface area contributed by atoms with Gasteiger partial charge in [-0.1, -0.05) is 36.2 Å². The van der Waals surface area contributed by atoms with Gasteiger partial charge in [-0.05, 0) is 32.3 Å². The van der Waals surface area contributed by atoms with Crippen LogP contribution < -0.4 is 5.73 Å². The summed E-state index contributed by atoms with van der Waals surface area (Å²) in [6, 6.07) is 8.29. The zero-order valence-electron chi connectivity index (χ0n) is 12.1. The second kappa shape index (κ2) is 5.33. The summed E-state index contributed by atoms with van der Waals surface area (Å²) in [5.41, 5.74) is 8.14. The molecule has 0 radical (unpaired) electrons. The number of nitrogens with two attached hydrogens (primary N) is 1. The largest absolute Gasteiger partial charge is 0.341 e. The molecule has 1 saturated carbocycles. The van der Waals surface area contributed by atoms with Crippen molar-refractivity contribution in [1.29, 1.82) is 0 Å². The maximum Gasteiger partial charge on any atom is 0.230 e. The minimum Gasteiger partial charge on any atom is -0.341 e. The van der Waals surface area contributed by atoms with Crippen molar-refractivity contribution in [2.24, 2.45) is 11.1 Å². The highest BCUT2D eigenvalue weighted by Gasteiger charge is 2.44. The average molecular weight is 260 g/mol. The molecule has 1 aromatic carbocycles. The molecule has 2 rings (SSSR count). The van der Waals surface area contributed by atoms with Gasteiger partial charge in [-0.2, -0.15) is 0 Å². The van der Waals surface area contributed by atoms with Crippen LogP contribution in [0, 0.1) is 12.3 Å². The van der Waals surface area contributed by atoms with Crippen molar-refractivity contribution in [2.75, 3.05) is 7.05 Å². The van der Waals surface area contributed by atoms with E-state index in [0.29, 0.717) is 6.54 Å². The lowest BCUT2D eigenvalue weighted by Gasteiger charge is -2.32. The molecule has 0 bridgehead atoms. The van der Waals surface area contributed by atoms with Crippen LogP contribution >= 0.6 is 0 Å². The van der Waals surface area contributed by atoms with Crippen molar-refractivity contribution in [1.82, 2.24) is 4.90 Å². The smallest absolute Gasteiger partial charge is 0.230 e. The third-order valence-corrected chi connectivity index (χ3v) is 4.37. The number of amides is 1. The van der Waals surface area contributed by atoms with Crippen LogP contribution in [-0.2, 0) is 11.3 Å². The van der Waals surface area contributed by atoms with Crippen molar-refractivity contribution in [3.63, 3.8) is 0 Å². The summed E-state index contributed by atoms with van der Waals surface area (Å²) in [6.45, 7) is 4.74. The summed E-state index contributed by atoms with van der Waals surface area (Å²) >= 11 is 0. The molecule has 1 aliphatic rings. The third-order valence-electron chi connectivity index (χ3n) is 4.37. The minimum absolute atomic E-state index is 0.0000375. The van der Waals surface area contributed by atoms with Crippen LogP contribution in [0.3, 0.4) is 0 Å². The first-order chi connectivity index (χ1) is 8.93. The molecular weight excluding hydrogens is 236 g/mol. The lowest BCUT2D eigenvalue weighted by atomic mass is 9.83. The molecule has 0 aromatic heterocycles. The topological polar surface area (TPSA) is 46.3 Å². The Morgan fingerprint density at radius 3 is 2.84 bits per heavy atom. The van der Waals surface area contributed by atoms with Crippen molar-refractivity contribution in [2.45, 2.75) is 45.7 Å². The third kappa shape index (κ3) is 2.81. The van der Waals surface area contributed by atoms with Crippen LogP contribution in [0.1, 0.15) is 37.3 Å². The summed E-state index contributed by atoms with van der Waals surface area (Å²) in [5, 5.41) is 0. The van der Waals surface area contributed by atoms with Crippen molar-refractivity contribution in [3.05, 3.63) is 35.4 Å². The van der Waals surface area contributed by atoms with Crippen LogP contribution in [0.25, 0.3) is 0 Å². The quantitative estimate of drug-likeness (QED) is 0.907. The van der Waals surface area contributed by atoms with Crippen molar-refractivity contribution in [3.8, 4) is 0 Å². The maximum atomic E-state index is 12.6. The number of carbonyl (C=O) groups excluding carboxylic acids is 1. The summed E-state index contributed by atoms with van der Waals surface area (Å²) < 4.78 is 0. The SMILES string of the molecule is Cc1cccc(CN(C)C(=O)C2(C)CCCC2N)c1. The molecule has 2 atom stereocenters. The lowest BCUT2D eigenvalue weighted by Crippen LogP contribution is -2.47. The van der Waals surface area contributed by atoms with Gasteiger partial charge in [0.15, 0.2) is 0 Å². The van der Waals surface area contributed by atoms with Gasteiger partial charge < -0.3 is 10.6 Å². The first-order valence-electron chi connectivity index (χ1n) is 7.00. The minimum atomic E-state index is -0.376. The average Bonchev–Trinajstić information content (AvgIpc) is 2.70. The molecule has 3 nitrogen and oxygen atoms in total. The Labute approximate surface area is 115 Å². The van der Waals surface area contributed by atoms with Gasteiger partial charge in [-0.25, -0.2) is 0 Å². The number of hydrogen-bond acceptors (Lipinski definition) is 2. The van der Waals surface area contributed by atoms with Gasteiger partial charge in [0.25, 0.3) is 0 Å². The second-order valence-corrected chi connectivity index (χ2v) is 6.07. The van der Waals surface area contributed by atoms with Gasteiger partial charge in [0.1, 0.15) is 0 Å². The van der Waals surface area contributed by atoms with Crippen LogP contribution in [0.2, 0.25) is 0 Å². The van der Waals surface area contributed by atoms with Gasteiger partial charge in [0.05, 0.1) is 5.41 Å². The number of benzene rings is 1. The second-order valence-electron chi connectivity index (χ2n) is 6.07. The molecule has 19 heavy (non-hydrogen) atoms. The van der Waals surface area contributed by atoms with E-state index < -0.39 is 0 Å². The fraction of sp³-hybridized carbons (Fsp3) is 0.562. The van der Waals surface area contributed by atoms with E-state index in [0.717, 1.165) is 19.3 Å². The summed E-state index contributed by atoms with van der Waals surface area (Å²) in [7, 11) is 1.88. The Balaban J connectivity index is 2.07. The molecule has 0 spiro atoms. The summed E-state index contributed by atoms with van der Waals surface area (Å²) in [6.07, 6.45) is 2.92. The van der Waals surface area contributed by atoms with E-state index in [-0.39, 0.29) is 17.4 Å². The van der Waals surface area contributed by atoms with Crippen LogP contribution in [0.5, 0.6) is 0 Å². The molecule has 3 heteroatoms. The lowest BCUT2D eigenvalue weighted by molar-refractivity contribution is -0.140. The molecule has 1 fully saturated rings. The molecule has 2 N–H and O–H groups in total. The van der Waals surface area contributed by atoms with Gasteiger partial charge in [0, 0.05) is 19.6 Å². The number of carbonyl (C=O) groups is 1. The number of hydrogen-bond donors (Lipinski definition) is 1. The highest BCUT2D eigenvalue weighted by atomic mass is 16.2. The normalized spacial score (nSPS) is 26.4. The highest BCUT2D eigenvalue weighted by molar-refractivity contribution is 5.83. The Kier molecular flexibility index (Phi) is 3.95.